The third kappa shape index (κ3) is 3.47. The van der Waals surface area contributed by atoms with Crippen LogP contribution in [-0.4, -0.2) is 25.7 Å². The highest BCUT2D eigenvalue weighted by atomic mass is 15.1. The second-order valence-corrected chi connectivity index (χ2v) is 4.84. The summed E-state index contributed by atoms with van der Waals surface area (Å²) in [4.78, 5) is 2.14. The van der Waals surface area contributed by atoms with Gasteiger partial charge < -0.3 is 4.90 Å². The van der Waals surface area contributed by atoms with Crippen molar-refractivity contribution in [1.82, 2.24) is 5.32 Å². The lowest BCUT2D eigenvalue weighted by molar-refractivity contribution is 0.593. The van der Waals surface area contributed by atoms with Crippen molar-refractivity contribution in [2.45, 2.75) is 31.8 Å². The number of hydrogen-bond donors (Lipinski definition) is 1. The van der Waals surface area contributed by atoms with Gasteiger partial charge in [-0.2, -0.15) is 5.26 Å². The summed E-state index contributed by atoms with van der Waals surface area (Å²) in [5.74, 6) is 0. The SMILES string of the molecule is Cc1cccc(N(C)CC(C#N)NC2CC2)c1. The largest absolute Gasteiger partial charge is 0.372 e. The van der Waals surface area contributed by atoms with Crippen LogP contribution in [0.4, 0.5) is 5.69 Å². The first-order valence-electron chi connectivity index (χ1n) is 6.12. The van der Waals surface area contributed by atoms with Gasteiger partial charge in [-0.05, 0) is 37.5 Å². The predicted molar refractivity (Wildman–Crippen MR) is 70.0 cm³/mol. The summed E-state index contributed by atoms with van der Waals surface area (Å²) in [5.41, 5.74) is 2.42. The Bertz CT molecular complexity index is 418. The summed E-state index contributed by atoms with van der Waals surface area (Å²) in [6.45, 7) is 2.82. The molecule has 1 N–H and O–H groups in total. The lowest BCUT2D eigenvalue weighted by atomic mass is 10.2. The lowest BCUT2D eigenvalue weighted by Gasteiger charge is -2.23. The van der Waals surface area contributed by atoms with Crippen molar-refractivity contribution >= 4 is 5.69 Å². The van der Waals surface area contributed by atoms with Crippen molar-refractivity contribution in [2.24, 2.45) is 0 Å². The molecule has 3 nitrogen and oxygen atoms in total. The molecule has 1 saturated carbocycles. The van der Waals surface area contributed by atoms with Gasteiger partial charge in [-0.1, -0.05) is 12.1 Å². The number of hydrogen-bond acceptors (Lipinski definition) is 3. The van der Waals surface area contributed by atoms with E-state index in [-0.39, 0.29) is 6.04 Å². The van der Waals surface area contributed by atoms with E-state index in [1.165, 1.54) is 24.1 Å². The van der Waals surface area contributed by atoms with Crippen molar-refractivity contribution in [3.8, 4) is 6.07 Å². The van der Waals surface area contributed by atoms with Crippen LogP contribution in [0.25, 0.3) is 0 Å². The molecule has 1 fully saturated rings. The van der Waals surface area contributed by atoms with Gasteiger partial charge in [0.15, 0.2) is 0 Å². The summed E-state index contributed by atoms with van der Waals surface area (Å²) in [6.07, 6.45) is 2.43. The molecular weight excluding hydrogens is 210 g/mol. The van der Waals surface area contributed by atoms with Gasteiger partial charge in [0, 0.05) is 25.3 Å². The standard InChI is InChI=1S/C14H19N3/c1-11-4-3-5-14(8-11)17(2)10-13(9-15)16-12-6-7-12/h3-5,8,12-13,16H,6-7,10H2,1-2H3. The van der Waals surface area contributed by atoms with Crippen molar-refractivity contribution in [3.05, 3.63) is 29.8 Å². The molecule has 0 amide bonds. The van der Waals surface area contributed by atoms with Gasteiger partial charge >= 0.3 is 0 Å². The molecular formula is C14H19N3. The maximum Gasteiger partial charge on any atom is 0.113 e. The summed E-state index contributed by atoms with van der Waals surface area (Å²) in [7, 11) is 2.04. The summed E-state index contributed by atoms with van der Waals surface area (Å²) < 4.78 is 0. The quantitative estimate of drug-likeness (QED) is 0.840. The molecule has 17 heavy (non-hydrogen) atoms. The Labute approximate surface area is 103 Å². The molecule has 1 aliphatic rings. The third-order valence-corrected chi connectivity index (χ3v) is 3.07. The molecule has 90 valence electrons. The maximum atomic E-state index is 9.11. The molecule has 1 aliphatic carbocycles. The molecule has 1 atom stereocenters. The second kappa shape index (κ2) is 5.20. The summed E-state index contributed by atoms with van der Waals surface area (Å²) in [6, 6.07) is 11.2. The van der Waals surface area contributed by atoms with Crippen molar-refractivity contribution < 1.29 is 0 Å². The Morgan fingerprint density at radius 1 is 1.53 bits per heavy atom. The Morgan fingerprint density at radius 2 is 2.29 bits per heavy atom. The molecule has 0 aromatic heterocycles. The van der Waals surface area contributed by atoms with E-state index < -0.39 is 0 Å². The fourth-order valence-electron chi connectivity index (χ4n) is 1.91. The van der Waals surface area contributed by atoms with Crippen LogP contribution in [-0.2, 0) is 0 Å². The summed E-state index contributed by atoms with van der Waals surface area (Å²) in [5, 5.41) is 12.5. The average molecular weight is 229 g/mol. The number of aryl methyl sites for hydroxylation is 1. The molecule has 0 spiro atoms. The minimum Gasteiger partial charge on any atom is -0.372 e. The van der Waals surface area contributed by atoms with Gasteiger partial charge in [-0.15, -0.1) is 0 Å². The van der Waals surface area contributed by atoms with E-state index in [0.29, 0.717) is 6.04 Å². The van der Waals surface area contributed by atoms with Crippen LogP contribution in [0.15, 0.2) is 24.3 Å². The van der Waals surface area contributed by atoms with Crippen molar-refractivity contribution in [1.29, 1.82) is 5.26 Å². The van der Waals surface area contributed by atoms with E-state index in [2.05, 4.69) is 47.5 Å². The van der Waals surface area contributed by atoms with E-state index in [1.54, 1.807) is 0 Å². The number of rotatable bonds is 5. The third-order valence-electron chi connectivity index (χ3n) is 3.07. The molecule has 0 aliphatic heterocycles. The second-order valence-electron chi connectivity index (χ2n) is 4.84. The zero-order valence-electron chi connectivity index (χ0n) is 10.5. The number of nitrogens with zero attached hydrogens (tertiary/aromatic N) is 2. The van der Waals surface area contributed by atoms with Crippen LogP contribution in [0.2, 0.25) is 0 Å². The van der Waals surface area contributed by atoms with Gasteiger partial charge in [0.1, 0.15) is 6.04 Å². The van der Waals surface area contributed by atoms with Crippen LogP contribution in [0.1, 0.15) is 18.4 Å². The number of nitrogens with one attached hydrogen (secondary N) is 1. The maximum absolute atomic E-state index is 9.11. The molecule has 0 saturated heterocycles. The fourth-order valence-corrected chi connectivity index (χ4v) is 1.91. The van der Waals surface area contributed by atoms with E-state index in [1.807, 2.05) is 7.05 Å². The summed E-state index contributed by atoms with van der Waals surface area (Å²) >= 11 is 0. The molecule has 3 heteroatoms. The van der Waals surface area contributed by atoms with E-state index in [0.717, 1.165) is 6.54 Å². The molecule has 2 rings (SSSR count). The average Bonchev–Trinajstić information content (AvgIpc) is 3.12. The van der Waals surface area contributed by atoms with E-state index >= 15 is 0 Å². The Hall–Kier alpha value is -1.53. The van der Waals surface area contributed by atoms with Gasteiger partial charge in [0.25, 0.3) is 0 Å². The first kappa shape index (κ1) is 11.9. The van der Waals surface area contributed by atoms with Crippen LogP contribution in [0, 0.1) is 18.3 Å². The molecule has 0 heterocycles. The number of nitriles is 1. The van der Waals surface area contributed by atoms with Crippen LogP contribution >= 0.6 is 0 Å². The van der Waals surface area contributed by atoms with Crippen molar-refractivity contribution in [3.63, 3.8) is 0 Å². The molecule has 0 bridgehead atoms. The van der Waals surface area contributed by atoms with Gasteiger partial charge in [-0.25, -0.2) is 0 Å². The Morgan fingerprint density at radius 3 is 2.88 bits per heavy atom. The first-order valence-corrected chi connectivity index (χ1v) is 6.12. The van der Waals surface area contributed by atoms with Crippen LogP contribution < -0.4 is 10.2 Å². The molecule has 1 aromatic carbocycles. The molecule has 1 unspecified atom stereocenters. The highest BCUT2D eigenvalue weighted by Crippen LogP contribution is 2.20. The minimum absolute atomic E-state index is 0.0759. The zero-order chi connectivity index (χ0) is 12.3. The molecule has 1 aromatic rings. The van der Waals surface area contributed by atoms with Gasteiger partial charge in [0.05, 0.1) is 6.07 Å². The van der Waals surface area contributed by atoms with E-state index in [9.17, 15) is 0 Å². The van der Waals surface area contributed by atoms with Crippen molar-refractivity contribution in [2.75, 3.05) is 18.5 Å². The smallest absolute Gasteiger partial charge is 0.113 e. The zero-order valence-corrected chi connectivity index (χ0v) is 10.5. The van der Waals surface area contributed by atoms with Gasteiger partial charge in [-0.3, -0.25) is 5.32 Å². The Kier molecular flexibility index (Phi) is 3.65. The number of benzene rings is 1. The number of anilines is 1. The predicted octanol–water partition coefficient (Wildman–Crippen LogP) is 2.08. The Balaban J connectivity index is 1.94. The minimum atomic E-state index is -0.0759. The highest BCUT2D eigenvalue weighted by Gasteiger charge is 2.25. The van der Waals surface area contributed by atoms with Gasteiger partial charge in [0.2, 0.25) is 0 Å². The monoisotopic (exact) mass is 229 g/mol. The highest BCUT2D eigenvalue weighted by molar-refractivity contribution is 5.48. The van der Waals surface area contributed by atoms with Crippen LogP contribution in [0.3, 0.4) is 0 Å². The first-order chi connectivity index (χ1) is 8.19. The topological polar surface area (TPSA) is 39.1 Å². The fraction of sp³-hybridized carbons (Fsp3) is 0.500. The van der Waals surface area contributed by atoms with Crippen LogP contribution in [0.5, 0.6) is 0 Å². The van der Waals surface area contributed by atoms with E-state index in [4.69, 9.17) is 5.26 Å². The lowest BCUT2D eigenvalue weighted by Crippen LogP contribution is -2.39. The molecule has 0 radical (unpaired) electrons. The number of likely N-dealkylation sites (N-methyl/N-ethyl adjacent to an activating group) is 1. The normalized spacial score (nSPS) is 16.3.